The molecule has 37 heavy (non-hydrogen) atoms. The van der Waals surface area contributed by atoms with Crippen LogP contribution in [0.15, 0.2) is 43.7 Å². The van der Waals surface area contributed by atoms with Crippen molar-refractivity contribution in [3.63, 3.8) is 0 Å². The van der Waals surface area contributed by atoms with E-state index in [0.717, 1.165) is 20.3 Å². The highest BCUT2D eigenvalue weighted by Gasteiger charge is 2.39. The van der Waals surface area contributed by atoms with Crippen LogP contribution in [0.4, 0.5) is 0 Å². The van der Waals surface area contributed by atoms with E-state index in [1.54, 1.807) is 25.3 Å². The minimum atomic E-state index is -1.54. The summed E-state index contributed by atoms with van der Waals surface area (Å²) in [7, 11) is 0. The van der Waals surface area contributed by atoms with E-state index in [9.17, 15) is 14.4 Å². The number of nitrogens with zero attached hydrogens (tertiary/aromatic N) is 2. The van der Waals surface area contributed by atoms with Crippen molar-refractivity contribution >= 4 is 43.5 Å². The number of thiophene rings is 1. The highest BCUT2D eigenvalue weighted by molar-refractivity contribution is 9.11. The lowest BCUT2D eigenvalue weighted by molar-refractivity contribution is -0.164. The number of benzene rings is 1. The van der Waals surface area contributed by atoms with E-state index in [-0.39, 0.29) is 12.6 Å². The Morgan fingerprint density at radius 3 is 2.46 bits per heavy atom. The molecule has 1 fully saturated rings. The molecule has 1 aromatic carbocycles. The van der Waals surface area contributed by atoms with Crippen LogP contribution >= 0.6 is 27.3 Å². The van der Waals surface area contributed by atoms with Gasteiger partial charge < -0.3 is 14.2 Å². The zero-order valence-corrected chi connectivity index (χ0v) is 24.4. The van der Waals surface area contributed by atoms with E-state index in [4.69, 9.17) is 14.2 Å². The third kappa shape index (κ3) is 5.62. The number of aromatic nitrogens is 2. The molecule has 3 aromatic rings. The number of aryl methyl sites for hydroxylation is 1. The van der Waals surface area contributed by atoms with Gasteiger partial charge in [0.15, 0.2) is 0 Å². The quantitative estimate of drug-likeness (QED) is 0.362. The van der Waals surface area contributed by atoms with Gasteiger partial charge in [0, 0.05) is 6.61 Å². The Labute approximate surface area is 228 Å². The van der Waals surface area contributed by atoms with Crippen LogP contribution in [-0.2, 0) is 31.1 Å². The van der Waals surface area contributed by atoms with Gasteiger partial charge in [-0.2, -0.15) is 0 Å². The molecule has 10 heteroatoms. The van der Waals surface area contributed by atoms with Crippen molar-refractivity contribution in [2.75, 3.05) is 13.2 Å². The van der Waals surface area contributed by atoms with Crippen molar-refractivity contribution in [3.05, 3.63) is 66.1 Å². The van der Waals surface area contributed by atoms with Gasteiger partial charge in [-0.1, -0.05) is 30.3 Å². The van der Waals surface area contributed by atoms with Gasteiger partial charge in [0.05, 0.1) is 28.4 Å². The molecule has 4 rings (SSSR count). The number of halogens is 1. The molecule has 2 aromatic heterocycles. The monoisotopic (exact) mass is 592 g/mol. The summed E-state index contributed by atoms with van der Waals surface area (Å²) in [4.78, 5) is 41.6. The molecule has 1 saturated heterocycles. The maximum atomic E-state index is 14.1. The minimum absolute atomic E-state index is 0.0997. The molecule has 0 unspecified atom stereocenters. The van der Waals surface area contributed by atoms with Gasteiger partial charge in [-0.25, -0.2) is 14.2 Å². The van der Waals surface area contributed by atoms with Gasteiger partial charge in [0.2, 0.25) is 0 Å². The number of esters is 1. The predicted molar refractivity (Wildman–Crippen MR) is 147 cm³/mol. The van der Waals surface area contributed by atoms with Crippen LogP contribution in [0.1, 0.15) is 58.3 Å². The van der Waals surface area contributed by atoms with Crippen LogP contribution in [0.3, 0.4) is 0 Å². The number of carbonyl (C=O) groups is 1. The lowest BCUT2D eigenvalue weighted by Crippen LogP contribution is -2.54. The smallest absolute Gasteiger partial charge is 0.333 e. The fourth-order valence-corrected chi connectivity index (χ4v) is 6.07. The lowest BCUT2D eigenvalue weighted by Gasteiger charge is -2.30. The van der Waals surface area contributed by atoms with Gasteiger partial charge in [0.1, 0.15) is 22.1 Å². The SMILES string of the molecule is Cc1c(Br)sc2c1c(=O)n(C(C)(C)C(=O)OC(C)(C)C)c(=O)n2C[C@H](O[C@H]1CCOC1)c1ccccc1. The molecular weight excluding hydrogens is 560 g/mol. The first kappa shape index (κ1) is 27.8. The molecule has 0 saturated carbocycles. The second-order valence-electron chi connectivity index (χ2n) is 10.8. The molecule has 0 aliphatic carbocycles. The maximum absolute atomic E-state index is 14.1. The minimum Gasteiger partial charge on any atom is -0.458 e. The van der Waals surface area contributed by atoms with E-state index in [2.05, 4.69) is 15.9 Å². The van der Waals surface area contributed by atoms with Gasteiger partial charge in [-0.15, -0.1) is 11.3 Å². The molecule has 8 nitrogen and oxygen atoms in total. The first-order valence-corrected chi connectivity index (χ1v) is 13.9. The zero-order chi connectivity index (χ0) is 27.1. The molecule has 0 N–H and O–H groups in total. The van der Waals surface area contributed by atoms with Crippen molar-refractivity contribution in [2.24, 2.45) is 0 Å². The van der Waals surface area contributed by atoms with E-state index in [1.165, 1.54) is 25.2 Å². The van der Waals surface area contributed by atoms with E-state index >= 15 is 0 Å². The number of rotatable bonds is 7. The summed E-state index contributed by atoms with van der Waals surface area (Å²) < 4.78 is 20.9. The highest BCUT2D eigenvalue weighted by atomic mass is 79.9. The summed E-state index contributed by atoms with van der Waals surface area (Å²) in [5.74, 6) is -0.656. The van der Waals surface area contributed by atoms with Gasteiger partial charge in [-0.3, -0.25) is 9.36 Å². The van der Waals surface area contributed by atoms with Gasteiger partial charge in [-0.05, 0) is 75.0 Å². The number of carbonyl (C=O) groups excluding carboxylic acids is 1. The average Bonchev–Trinajstić information content (AvgIpc) is 3.43. The van der Waals surface area contributed by atoms with Crippen LogP contribution in [0.5, 0.6) is 0 Å². The third-order valence-corrected chi connectivity index (χ3v) is 8.56. The Morgan fingerprint density at radius 2 is 1.86 bits per heavy atom. The Hall–Kier alpha value is -2.27. The molecule has 200 valence electrons. The second kappa shape index (κ2) is 10.5. The molecule has 0 spiro atoms. The van der Waals surface area contributed by atoms with Crippen molar-refractivity contribution in [2.45, 2.75) is 77.9 Å². The summed E-state index contributed by atoms with van der Waals surface area (Å²) in [6.45, 7) is 11.4. The Kier molecular flexibility index (Phi) is 7.86. The molecular formula is C27H33BrN2O6S. The summed E-state index contributed by atoms with van der Waals surface area (Å²) in [5.41, 5.74) is -1.81. The maximum Gasteiger partial charge on any atom is 0.333 e. The molecule has 0 bridgehead atoms. The number of ether oxygens (including phenoxy) is 3. The number of hydrogen-bond acceptors (Lipinski definition) is 7. The van der Waals surface area contributed by atoms with Crippen molar-refractivity contribution in [3.8, 4) is 0 Å². The summed E-state index contributed by atoms with van der Waals surface area (Å²) in [6, 6.07) is 9.69. The van der Waals surface area contributed by atoms with Crippen molar-refractivity contribution in [1.82, 2.24) is 9.13 Å². The van der Waals surface area contributed by atoms with E-state index < -0.39 is 34.5 Å². The largest absolute Gasteiger partial charge is 0.458 e. The summed E-state index contributed by atoms with van der Waals surface area (Å²) in [6.07, 6.45) is 0.200. The molecule has 0 amide bonds. The fraction of sp³-hybridized carbons (Fsp3) is 0.519. The normalized spacial score (nSPS) is 17.3. The van der Waals surface area contributed by atoms with Crippen LogP contribution in [0, 0.1) is 6.92 Å². The standard InChI is InChI=1S/C27H33BrN2O6S/c1-16-20-22(31)30(27(5,6)24(32)36-26(2,3)4)25(33)29(23(20)37-21(16)28)14-19(17-10-8-7-9-11-17)35-18-12-13-34-15-18/h7-11,18-19H,12-15H2,1-6H3/t18-,19-/m0/s1. The Bertz CT molecular complexity index is 1410. The Balaban J connectivity index is 1.90. The second-order valence-corrected chi connectivity index (χ2v) is 13.1. The third-order valence-electron chi connectivity index (χ3n) is 6.38. The highest BCUT2D eigenvalue weighted by Crippen LogP contribution is 2.34. The van der Waals surface area contributed by atoms with Crippen molar-refractivity contribution in [1.29, 1.82) is 0 Å². The average molecular weight is 594 g/mol. The van der Waals surface area contributed by atoms with Crippen LogP contribution in [0.25, 0.3) is 10.2 Å². The number of hydrogen-bond donors (Lipinski definition) is 0. The van der Waals surface area contributed by atoms with E-state index in [0.29, 0.717) is 29.0 Å². The van der Waals surface area contributed by atoms with E-state index in [1.807, 2.05) is 37.3 Å². The van der Waals surface area contributed by atoms with Gasteiger partial charge >= 0.3 is 11.7 Å². The first-order chi connectivity index (χ1) is 17.3. The molecule has 1 aliphatic rings. The molecule has 0 radical (unpaired) electrons. The zero-order valence-electron chi connectivity index (χ0n) is 22.0. The fourth-order valence-electron chi connectivity index (χ4n) is 4.38. The molecule has 1 aliphatic heterocycles. The molecule has 2 atom stereocenters. The van der Waals surface area contributed by atoms with Crippen LogP contribution in [-0.4, -0.2) is 40.0 Å². The topological polar surface area (TPSA) is 88.8 Å². The first-order valence-electron chi connectivity index (χ1n) is 12.3. The number of fused-ring (bicyclic) bond motifs is 1. The van der Waals surface area contributed by atoms with Crippen LogP contribution < -0.4 is 11.2 Å². The van der Waals surface area contributed by atoms with Gasteiger partial charge in [0.25, 0.3) is 5.56 Å². The lowest BCUT2D eigenvalue weighted by atomic mass is 10.0. The summed E-state index contributed by atoms with van der Waals surface area (Å²) >= 11 is 4.86. The molecule has 3 heterocycles. The predicted octanol–water partition coefficient (Wildman–Crippen LogP) is 4.92. The summed E-state index contributed by atoms with van der Waals surface area (Å²) in [5, 5.41) is 0.393. The van der Waals surface area contributed by atoms with Crippen molar-refractivity contribution < 1.29 is 19.0 Å². The Morgan fingerprint density at radius 1 is 1.19 bits per heavy atom. The van der Waals surface area contributed by atoms with Crippen LogP contribution in [0.2, 0.25) is 0 Å².